The molecule has 2 nitrogen and oxygen atoms in total. The van der Waals surface area contributed by atoms with Crippen molar-refractivity contribution in [1.29, 1.82) is 0 Å². The number of nitrogens with one attached hydrogen (secondary N) is 1. The second-order valence-corrected chi connectivity index (χ2v) is 5.06. The zero-order valence-electron chi connectivity index (χ0n) is 10.8. The molecule has 1 N–H and O–H groups in total. The topological polar surface area (TPSA) is 20.7 Å². The van der Waals surface area contributed by atoms with Gasteiger partial charge in [-0.3, -0.25) is 4.57 Å². The highest BCUT2D eigenvalue weighted by Gasteiger charge is 2.34. The van der Waals surface area contributed by atoms with E-state index in [2.05, 4.69) is 4.98 Å². The molecule has 0 bridgehead atoms. The molecule has 7 heteroatoms. The maximum atomic E-state index is 13.3. The summed E-state index contributed by atoms with van der Waals surface area (Å²) in [5.41, 5.74) is -0.379. The number of halogens is 4. The number of aromatic amines is 1. The van der Waals surface area contributed by atoms with E-state index in [4.69, 9.17) is 12.2 Å². The van der Waals surface area contributed by atoms with Crippen LogP contribution in [0.15, 0.2) is 24.4 Å². The molecule has 0 atom stereocenters. The van der Waals surface area contributed by atoms with Gasteiger partial charge in [-0.25, -0.2) is 4.39 Å². The van der Waals surface area contributed by atoms with Crippen LogP contribution in [0.25, 0.3) is 5.69 Å². The van der Waals surface area contributed by atoms with Gasteiger partial charge in [-0.15, -0.1) is 0 Å². The van der Waals surface area contributed by atoms with Gasteiger partial charge in [-0.1, -0.05) is 13.8 Å². The van der Waals surface area contributed by atoms with Crippen LogP contribution in [0.5, 0.6) is 0 Å². The Morgan fingerprint density at radius 2 is 1.90 bits per heavy atom. The number of hydrogen-bond acceptors (Lipinski definition) is 1. The van der Waals surface area contributed by atoms with Crippen LogP contribution in [0, 0.1) is 10.6 Å². The first-order valence-electron chi connectivity index (χ1n) is 5.89. The van der Waals surface area contributed by atoms with Crippen molar-refractivity contribution in [2.75, 3.05) is 0 Å². The highest BCUT2D eigenvalue weighted by atomic mass is 32.1. The van der Waals surface area contributed by atoms with Gasteiger partial charge >= 0.3 is 6.18 Å². The maximum absolute atomic E-state index is 13.3. The lowest BCUT2D eigenvalue weighted by Crippen LogP contribution is -2.10. The Morgan fingerprint density at radius 3 is 2.45 bits per heavy atom. The molecule has 0 aliphatic rings. The van der Waals surface area contributed by atoms with Crippen molar-refractivity contribution in [2.24, 2.45) is 0 Å². The van der Waals surface area contributed by atoms with Crippen LogP contribution in [0.2, 0.25) is 0 Å². The third kappa shape index (κ3) is 2.63. The fourth-order valence-corrected chi connectivity index (χ4v) is 2.21. The van der Waals surface area contributed by atoms with Crippen molar-refractivity contribution in [2.45, 2.75) is 25.9 Å². The molecule has 0 saturated carbocycles. The van der Waals surface area contributed by atoms with E-state index in [-0.39, 0.29) is 16.4 Å². The number of alkyl halides is 3. The average molecular weight is 304 g/mol. The van der Waals surface area contributed by atoms with Crippen LogP contribution in [0.1, 0.15) is 31.0 Å². The monoisotopic (exact) mass is 304 g/mol. The van der Waals surface area contributed by atoms with Crippen molar-refractivity contribution in [3.05, 3.63) is 46.2 Å². The fraction of sp³-hybridized carbons (Fsp3) is 0.308. The van der Waals surface area contributed by atoms with Gasteiger partial charge in [0, 0.05) is 17.6 Å². The smallest absolute Gasteiger partial charge is 0.337 e. The number of imidazole rings is 1. The summed E-state index contributed by atoms with van der Waals surface area (Å²) >= 11 is 5.08. The van der Waals surface area contributed by atoms with E-state index in [1.54, 1.807) is 6.20 Å². The van der Waals surface area contributed by atoms with Gasteiger partial charge in [0.05, 0.1) is 5.56 Å². The molecule has 1 aromatic heterocycles. The first-order valence-corrected chi connectivity index (χ1v) is 6.30. The molecular weight excluding hydrogens is 292 g/mol. The van der Waals surface area contributed by atoms with Gasteiger partial charge in [-0.05, 0) is 36.3 Å². The maximum Gasteiger partial charge on any atom is 0.419 e. The Balaban J connectivity index is 2.66. The normalized spacial score (nSPS) is 12.2. The predicted molar refractivity (Wildman–Crippen MR) is 70.0 cm³/mol. The van der Waals surface area contributed by atoms with Crippen LogP contribution in [0.4, 0.5) is 17.6 Å². The highest BCUT2D eigenvalue weighted by Crippen LogP contribution is 2.33. The molecule has 0 unspecified atom stereocenters. The number of H-pyrrole nitrogens is 1. The Bertz CT molecular complexity index is 682. The van der Waals surface area contributed by atoms with Crippen molar-refractivity contribution in [1.82, 2.24) is 9.55 Å². The van der Waals surface area contributed by atoms with Crippen LogP contribution >= 0.6 is 12.2 Å². The molecule has 0 spiro atoms. The summed E-state index contributed by atoms with van der Waals surface area (Å²) in [5, 5.41) is 0. The van der Waals surface area contributed by atoms with E-state index in [0.717, 1.165) is 17.8 Å². The summed E-state index contributed by atoms with van der Waals surface area (Å²) in [5.74, 6) is -1.24. The second kappa shape index (κ2) is 5.05. The van der Waals surface area contributed by atoms with Gasteiger partial charge in [0.25, 0.3) is 0 Å². The zero-order chi connectivity index (χ0) is 15.1. The van der Waals surface area contributed by atoms with Crippen LogP contribution in [-0.4, -0.2) is 9.55 Å². The zero-order valence-corrected chi connectivity index (χ0v) is 11.6. The predicted octanol–water partition coefficient (Wildman–Crippen LogP) is 4.82. The highest BCUT2D eigenvalue weighted by molar-refractivity contribution is 7.71. The SMILES string of the molecule is CC(C)c1c[nH]c(=S)n1-c1ccc(F)c(C(F)(F)F)c1. The third-order valence-corrected chi connectivity index (χ3v) is 3.21. The molecule has 0 saturated heterocycles. The lowest BCUT2D eigenvalue weighted by Gasteiger charge is -2.14. The number of benzene rings is 1. The van der Waals surface area contributed by atoms with Gasteiger partial charge in [-0.2, -0.15) is 13.2 Å². The standard InChI is InChI=1S/C13H12F4N2S/c1-7(2)11-6-18-12(20)19(11)8-3-4-10(14)9(5-8)13(15,16)17/h3-7H,1-2H3,(H,18,20). The van der Waals surface area contributed by atoms with Crippen molar-refractivity contribution in [3.63, 3.8) is 0 Å². The average Bonchev–Trinajstić information content (AvgIpc) is 2.70. The van der Waals surface area contributed by atoms with Gasteiger partial charge in [0.2, 0.25) is 0 Å². The molecular formula is C13H12F4N2S. The van der Waals surface area contributed by atoms with Crippen LogP contribution < -0.4 is 0 Å². The van der Waals surface area contributed by atoms with Gasteiger partial charge in [0.1, 0.15) is 5.82 Å². The summed E-state index contributed by atoms with van der Waals surface area (Å²) in [7, 11) is 0. The van der Waals surface area contributed by atoms with E-state index >= 15 is 0 Å². The lowest BCUT2D eigenvalue weighted by molar-refractivity contribution is -0.140. The quantitative estimate of drug-likeness (QED) is 0.623. The minimum atomic E-state index is -4.74. The Hall–Kier alpha value is -1.63. The summed E-state index contributed by atoms with van der Waals surface area (Å²) in [6.07, 6.45) is -3.10. The fourth-order valence-electron chi connectivity index (χ4n) is 1.94. The summed E-state index contributed by atoms with van der Waals surface area (Å²) in [6, 6.07) is 2.85. The summed E-state index contributed by atoms with van der Waals surface area (Å²) in [6.45, 7) is 3.78. The third-order valence-electron chi connectivity index (χ3n) is 2.91. The largest absolute Gasteiger partial charge is 0.419 e. The molecule has 2 aromatic rings. The molecule has 108 valence electrons. The molecule has 0 aliphatic heterocycles. The van der Waals surface area contributed by atoms with Gasteiger partial charge < -0.3 is 4.98 Å². The molecule has 1 heterocycles. The second-order valence-electron chi connectivity index (χ2n) is 4.67. The lowest BCUT2D eigenvalue weighted by atomic mass is 10.1. The van der Waals surface area contributed by atoms with E-state index in [0.29, 0.717) is 0 Å². The molecule has 20 heavy (non-hydrogen) atoms. The first kappa shape index (κ1) is 14.8. The number of rotatable bonds is 2. The van der Waals surface area contributed by atoms with Crippen molar-refractivity contribution >= 4 is 12.2 Å². The van der Waals surface area contributed by atoms with E-state index in [9.17, 15) is 17.6 Å². The first-order chi connectivity index (χ1) is 9.21. The number of aromatic nitrogens is 2. The molecule has 1 aromatic carbocycles. The van der Waals surface area contributed by atoms with Crippen LogP contribution in [0.3, 0.4) is 0 Å². The van der Waals surface area contributed by atoms with Crippen molar-refractivity contribution < 1.29 is 17.6 Å². The molecule has 0 amide bonds. The van der Waals surface area contributed by atoms with Crippen molar-refractivity contribution in [3.8, 4) is 5.69 Å². The Morgan fingerprint density at radius 1 is 1.25 bits per heavy atom. The Kier molecular flexibility index (Phi) is 3.73. The van der Waals surface area contributed by atoms with Crippen LogP contribution in [-0.2, 0) is 6.18 Å². The molecule has 2 rings (SSSR count). The van der Waals surface area contributed by atoms with E-state index in [1.807, 2.05) is 13.8 Å². The number of hydrogen-bond donors (Lipinski definition) is 1. The minimum Gasteiger partial charge on any atom is -0.337 e. The van der Waals surface area contributed by atoms with E-state index < -0.39 is 17.6 Å². The number of nitrogens with zero attached hydrogens (tertiary/aromatic N) is 1. The molecule has 0 radical (unpaired) electrons. The van der Waals surface area contributed by atoms with E-state index in [1.165, 1.54) is 10.6 Å². The molecule has 0 fully saturated rings. The van der Waals surface area contributed by atoms with Gasteiger partial charge in [0.15, 0.2) is 4.77 Å². The molecule has 0 aliphatic carbocycles. The Labute approximate surface area is 118 Å². The summed E-state index contributed by atoms with van der Waals surface area (Å²) in [4.78, 5) is 2.79. The summed E-state index contributed by atoms with van der Waals surface area (Å²) < 4.78 is 53.3. The minimum absolute atomic E-state index is 0.0577.